The molecule has 0 amide bonds. The summed E-state index contributed by atoms with van der Waals surface area (Å²) in [6, 6.07) is 0. The Morgan fingerprint density at radius 1 is 1.90 bits per heavy atom. The molecule has 0 atom stereocenters. The highest BCUT2D eigenvalue weighted by molar-refractivity contribution is 5.88. The van der Waals surface area contributed by atoms with Crippen molar-refractivity contribution in [3.05, 3.63) is 12.0 Å². The molecule has 5 nitrogen and oxygen atoms in total. The predicted molar refractivity (Wildman–Crippen MR) is 32.0 cm³/mol. The zero-order valence-electron chi connectivity index (χ0n) is 5.37. The lowest BCUT2D eigenvalue weighted by Crippen LogP contribution is -2.24. The van der Waals surface area contributed by atoms with Gasteiger partial charge in [-0.25, -0.2) is 4.98 Å². The summed E-state index contributed by atoms with van der Waals surface area (Å²) < 4.78 is 1.41. The molecule has 0 aliphatic rings. The van der Waals surface area contributed by atoms with Gasteiger partial charge in [-0.1, -0.05) is 0 Å². The molecule has 0 bridgehead atoms. The van der Waals surface area contributed by atoms with Gasteiger partial charge in [0.25, 0.3) is 0 Å². The number of anilines is 1. The Morgan fingerprint density at radius 3 is 2.70 bits per heavy atom. The molecule has 0 unspecified atom stereocenters. The lowest BCUT2D eigenvalue weighted by molar-refractivity contribution is -0.255. The van der Waals surface area contributed by atoms with Gasteiger partial charge in [-0.2, -0.15) is 0 Å². The van der Waals surface area contributed by atoms with Gasteiger partial charge in [0.15, 0.2) is 0 Å². The lowest BCUT2D eigenvalue weighted by Gasteiger charge is -1.98. The van der Waals surface area contributed by atoms with E-state index in [2.05, 4.69) is 4.98 Å². The Morgan fingerprint density at radius 2 is 2.50 bits per heavy atom. The first-order valence-electron chi connectivity index (χ1n) is 2.61. The molecular formula is C5H6N3O2-. The fourth-order valence-electron chi connectivity index (χ4n) is 0.597. The monoisotopic (exact) mass is 140 g/mol. The van der Waals surface area contributed by atoms with Crippen molar-refractivity contribution in [3.63, 3.8) is 0 Å². The van der Waals surface area contributed by atoms with E-state index in [1.54, 1.807) is 7.05 Å². The topological polar surface area (TPSA) is 84.0 Å². The van der Waals surface area contributed by atoms with Crippen LogP contribution in [0.3, 0.4) is 0 Å². The van der Waals surface area contributed by atoms with Crippen molar-refractivity contribution in [2.75, 3.05) is 5.73 Å². The number of nitrogen functional groups attached to an aromatic ring is 1. The molecule has 0 saturated heterocycles. The zero-order chi connectivity index (χ0) is 7.72. The highest BCUT2D eigenvalue weighted by Crippen LogP contribution is 2.05. The summed E-state index contributed by atoms with van der Waals surface area (Å²) >= 11 is 0. The average molecular weight is 140 g/mol. The van der Waals surface area contributed by atoms with Crippen LogP contribution in [-0.2, 0) is 7.05 Å². The van der Waals surface area contributed by atoms with Gasteiger partial charge in [0.2, 0.25) is 0 Å². The molecule has 1 aromatic rings. The van der Waals surface area contributed by atoms with Crippen LogP contribution in [-0.4, -0.2) is 15.5 Å². The first-order valence-corrected chi connectivity index (χ1v) is 2.61. The van der Waals surface area contributed by atoms with Gasteiger partial charge in [-0.15, -0.1) is 0 Å². The molecule has 54 valence electrons. The second kappa shape index (κ2) is 2.02. The maximum atomic E-state index is 10.2. The maximum Gasteiger partial charge on any atom is 0.132 e. The molecular weight excluding hydrogens is 134 g/mol. The summed E-state index contributed by atoms with van der Waals surface area (Å²) in [5.41, 5.74) is 5.08. The Hall–Kier alpha value is -1.52. The highest BCUT2D eigenvalue weighted by atomic mass is 16.4. The van der Waals surface area contributed by atoms with Crippen LogP contribution in [0, 0.1) is 0 Å². The molecule has 2 N–H and O–H groups in total. The lowest BCUT2D eigenvalue weighted by atomic mass is 10.4. The number of hydrogen-bond donors (Lipinski definition) is 1. The molecule has 0 saturated carbocycles. The molecule has 0 radical (unpaired) electrons. The average Bonchev–Trinajstić information content (AvgIpc) is 2.14. The van der Waals surface area contributed by atoms with E-state index >= 15 is 0 Å². The summed E-state index contributed by atoms with van der Waals surface area (Å²) in [5.74, 6) is -1.24. The number of imidazole rings is 1. The van der Waals surface area contributed by atoms with Gasteiger partial charge in [0, 0.05) is 7.05 Å². The van der Waals surface area contributed by atoms with E-state index in [1.807, 2.05) is 0 Å². The number of hydrogen-bond acceptors (Lipinski definition) is 4. The third kappa shape index (κ3) is 0.812. The Balaban J connectivity index is 3.17. The van der Waals surface area contributed by atoms with Gasteiger partial charge >= 0.3 is 0 Å². The van der Waals surface area contributed by atoms with Crippen molar-refractivity contribution in [1.82, 2.24) is 9.55 Å². The minimum Gasteiger partial charge on any atom is -0.543 e. The second-order valence-electron chi connectivity index (χ2n) is 1.88. The van der Waals surface area contributed by atoms with Crippen LogP contribution in [0.25, 0.3) is 0 Å². The first-order chi connectivity index (χ1) is 4.63. The van der Waals surface area contributed by atoms with Crippen LogP contribution < -0.4 is 10.8 Å². The van der Waals surface area contributed by atoms with E-state index in [-0.39, 0.29) is 11.5 Å². The number of carbonyl (C=O) groups is 1. The molecule has 5 heteroatoms. The number of aryl methyl sites for hydroxylation is 1. The third-order valence-electron chi connectivity index (χ3n) is 1.18. The van der Waals surface area contributed by atoms with Crippen LogP contribution in [0.15, 0.2) is 6.33 Å². The van der Waals surface area contributed by atoms with Crippen molar-refractivity contribution in [1.29, 1.82) is 0 Å². The summed E-state index contributed by atoms with van der Waals surface area (Å²) in [5, 5.41) is 10.2. The van der Waals surface area contributed by atoms with E-state index in [9.17, 15) is 9.90 Å². The minimum absolute atomic E-state index is 0.111. The minimum atomic E-state index is -1.35. The first kappa shape index (κ1) is 6.60. The quantitative estimate of drug-likeness (QED) is 0.507. The predicted octanol–water partition coefficient (Wildman–Crippen LogP) is -1.63. The number of carbonyl (C=O) groups excluding carboxylic acids is 1. The fourth-order valence-corrected chi connectivity index (χ4v) is 0.597. The van der Waals surface area contributed by atoms with Crippen LogP contribution >= 0.6 is 0 Å². The van der Waals surface area contributed by atoms with Crippen LogP contribution in [0.4, 0.5) is 5.82 Å². The summed E-state index contributed by atoms with van der Waals surface area (Å²) in [7, 11) is 1.61. The largest absolute Gasteiger partial charge is 0.543 e. The number of rotatable bonds is 1. The molecule has 1 rings (SSSR count). The van der Waals surface area contributed by atoms with Gasteiger partial charge in [0.1, 0.15) is 11.5 Å². The third-order valence-corrected chi connectivity index (χ3v) is 1.18. The number of carboxylic acids is 1. The molecule has 1 aromatic heterocycles. The van der Waals surface area contributed by atoms with Crippen molar-refractivity contribution >= 4 is 11.8 Å². The number of aromatic carboxylic acids is 1. The van der Waals surface area contributed by atoms with Crippen LogP contribution in [0.2, 0.25) is 0 Å². The van der Waals surface area contributed by atoms with Gasteiger partial charge in [-0.05, 0) is 0 Å². The molecule has 10 heavy (non-hydrogen) atoms. The van der Waals surface area contributed by atoms with Gasteiger partial charge < -0.3 is 20.2 Å². The smallest absolute Gasteiger partial charge is 0.132 e. The maximum absolute atomic E-state index is 10.2. The number of nitrogens with two attached hydrogens (primary N) is 1. The summed E-state index contributed by atoms with van der Waals surface area (Å²) in [6.07, 6.45) is 1.32. The van der Waals surface area contributed by atoms with Crippen molar-refractivity contribution in [2.24, 2.45) is 7.05 Å². The Bertz CT molecular complexity index is 266. The number of carboxylic acid groups (broad SMARTS) is 1. The fraction of sp³-hybridized carbons (Fsp3) is 0.200. The van der Waals surface area contributed by atoms with Gasteiger partial charge in [0.05, 0.1) is 12.3 Å². The molecule has 0 aromatic carbocycles. The Labute approximate surface area is 57.1 Å². The SMILES string of the molecule is Cn1cnc(C(=O)[O-])c1N. The summed E-state index contributed by atoms with van der Waals surface area (Å²) in [4.78, 5) is 13.7. The van der Waals surface area contributed by atoms with E-state index in [4.69, 9.17) is 5.73 Å². The normalized spacial score (nSPS) is 9.70. The standard InChI is InChI=1S/C5H7N3O2/c1-8-2-7-3(4(8)6)5(9)10/h2H,6H2,1H3,(H,9,10)/p-1. The van der Waals surface area contributed by atoms with E-state index in [1.165, 1.54) is 10.9 Å². The number of aromatic nitrogens is 2. The molecule has 1 heterocycles. The zero-order valence-corrected chi connectivity index (χ0v) is 5.37. The van der Waals surface area contributed by atoms with Crippen molar-refractivity contribution in [3.8, 4) is 0 Å². The van der Waals surface area contributed by atoms with Crippen LogP contribution in [0.1, 0.15) is 10.5 Å². The Kier molecular flexibility index (Phi) is 1.33. The molecule has 0 fully saturated rings. The van der Waals surface area contributed by atoms with E-state index in [0.29, 0.717) is 0 Å². The molecule has 0 spiro atoms. The van der Waals surface area contributed by atoms with E-state index in [0.717, 1.165) is 0 Å². The van der Waals surface area contributed by atoms with Crippen molar-refractivity contribution in [2.45, 2.75) is 0 Å². The second-order valence-corrected chi connectivity index (χ2v) is 1.88. The molecule has 0 aliphatic carbocycles. The van der Waals surface area contributed by atoms with E-state index < -0.39 is 5.97 Å². The van der Waals surface area contributed by atoms with Crippen molar-refractivity contribution < 1.29 is 9.90 Å². The van der Waals surface area contributed by atoms with Crippen LogP contribution in [0.5, 0.6) is 0 Å². The summed E-state index contributed by atoms with van der Waals surface area (Å²) in [6.45, 7) is 0. The van der Waals surface area contributed by atoms with Gasteiger partial charge in [-0.3, -0.25) is 0 Å². The molecule has 0 aliphatic heterocycles. The number of nitrogens with zero attached hydrogens (tertiary/aromatic N) is 2. The highest BCUT2D eigenvalue weighted by Gasteiger charge is 2.03.